The van der Waals surface area contributed by atoms with E-state index in [0.717, 1.165) is 22.4 Å². The van der Waals surface area contributed by atoms with Crippen LogP contribution in [-0.4, -0.2) is 28.7 Å². The summed E-state index contributed by atoms with van der Waals surface area (Å²) in [5.41, 5.74) is 4.52. The molecule has 0 atom stereocenters. The van der Waals surface area contributed by atoms with E-state index in [1.165, 1.54) is 12.3 Å². The Kier molecular flexibility index (Phi) is 5.84. The summed E-state index contributed by atoms with van der Waals surface area (Å²) in [7, 11) is 1.74. The average molecular weight is 373 g/mol. The molecule has 0 unspecified atom stereocenters. The van der Waals surface area contributed by atoms with E-state index < -0.39 is 0 Å². The van der Waals surface area contributed by atoms with Gasteiger partial charge >= 0.3 is 0 Å². The Bertz CT molecular complexity index is 1000. The topological polar surface area (TPSA) is 62.3 Å². The van der Waals surface area contributed by atoms with Crippen LogP contribution in [0, 0.1) is 13.8 Å². The van der Waals surface area contributed by atoms with Crippen LogP contribution < -0.4 is 5.32 Å². The lowest BCUT2D eigenvalue weighted by Crippen LogP contribution is -2.26. The van der Waals surface area contributed by atoms with Crippen molar-refractivity contribution in [2.45, 2.75) is 20.4 Å². The van der Waals surface area contributed by atoms with E-state index >= 15 is 0 Å². The highest BCUT2D eigenvalue weighted by Crippen LogP contribution is 2.19. The van der Waals surface area contributed by atoms with Crippen LogP contribution in [0.1, 0.15) is 37.5 Å². The zero-order chi connectivity index (χ0) is 20.1. The van der Waals surface area contributed by atoms with Crippen molar-refractivity contribution in [1.29, 1.82) is 0 Å². The van der Waals surface area contributed by atoms with E-state index in [0.29, 0.717) is 12.1 Å². The summed E-state index contributed by atoms with van der Waals surface area (Å²) >= 11 is 0. The number of carbonyl (C=O) groups excluding carboxylic acids is 2. The molecule has 0 aliphatic carbocycles. The van der Waals surface area contributed by atoms with Crippen molar-refractivity contribution in [3.05, 3.63) is 94.8 Å². The van der Waals surface area contributed by atoms with Gasteiger partial charge in [0.15, 0.2) is 0 Å². The maximum absolute atomic E-state index is 12.7. The molecule has 0 saturated heterocycles. The van der Waals surface area contributed by atoms with Gasteiger partial charge in [-0.15, -0.1) is 0 Å². The smallest absolute Gasteiger partial charge is 0.274 e. The zero-order valence-electron chi connectivity index (χ0n) is 16.3. The molecule has 2 amide bonds. The molecule has 0 bridgehead atoms. The number of aryl methyl sites for hydroxylation is 1. The van der Waals surface area contributed by atoms with Crippen LogP contribution in [0.5, 0.6) is 0 Å². The quantitative estimate of drug-likeness (QED) is 0.728. The standard InChI is InChI=1S/C23H23N3O2/c1-16-8-7-11-20(17(16)2)25-22(27)21-14-19(12-13-24-21)23(28)26(3)15-18-9-5-4-6-10-18/h4-14H,15H2,1-3H3,(H,25,27). The third-order valence-electron chi connectivity index (χ3n) is 4.70. The monoisotopic (exact) mass is 373 g/mol. The Labute approximate surface area is 165 Å². The molecule has 0 aliphatic rings. The molecular formula is C23H23N3O2. The molecule has 142 valence electrons. The van der Waals surface area contributed by atoms with Gasteiger partial charge in [-0.2, -0.15) is 0 Å². The molecule has 0 saturated carbocycles. The van der Waals surface area contributed by atoms with Gasteiger partial charge in [0.25, 0.3) is 11.8 Å². The van der Waals surface area contributed by atoms with Crippen LogP contribution >= 0.6 is 0 Å². The number of aromatic nitrogens is 1. The zero-order valence-corrected chi connectivity index (χ0v) is 16.3. The van der Waals surface area contributed by atoms with Crippen molar-refractivity contribution in [1.82, 2.24) is 9.88 Å². The number of hydrogen-bond donors (Lipinski definition) is 1. The van der Waals surface area contributed by atoms with Crippen molar-refractivity contribution >= 4 is 17.5 Å². The first kappa shape index (κ1) is 19.3. The van der Waals surface area contributed by atoms with Gasteiger partial charge in [0.05, 0.1) is 0 Å². The average Bonchev–Trinajstić information content (AvgIpc) is 2.71. The predicted octanol–water partition coefficient (Wildman–Crippen LogP) is 4.22. The summed E-state index contributed by atoms with van der Waals surface area (Å²) in [6.07, 6.45) is 1.49. The summed E-state index contributed by atoms with van der Waals surface area (Å²) in [5.74, 6) is -0.499. The molecular weight excluding hydrogens is 350 g/mol. The number of benzene rings is 2. The highest BCUT2D eigenvalue weighted by molar-refractivity contribution is 6.05. The van der Waals surface area contributed by atoms with E-state index in [1.807, 2.05) is 62.4 Å². The largest absolute Gasteiger partial charge is 0.337 e. The SMILES string of the molecule is Cc1cccc(NC(=O)c2cc(C(=O)N(C)Cc3ccccc3)ccn2)c1C. The van der Waals surface area contributed by atoms with E-state index in [9.17, 15) is 9.59 Å². The fraction of sp³-hybridized carbons (Fsp3) is 0.174. The summed E-state index contributed by atoms with van der Waals surface area (Å²) in [6, 6.07) is 18.7. The molecule has 2 aromatic carbocycles. The van der Waals surface area contributed by atoms with Crippen LogP contribution in [-0.2, 0) is 6.54 Å². The number of pyridine rings is 1. The van der Waals surface area contributed by atoms with Crippen molar-refractivity contribution in [3.8, 4) is 0 Å². The minimum Gasteiger partial charge on any atom is -0.337 e. The molecule has 0 radical (unpaired) electrons. The minimum absolute atomic E-state index is 0.160. The summed E-state index contributed by atoms with van der Waals surface area (Å²) in [5, 5.41) is 2.88. The van der Waals surface area contributed by atoms with Gasteiger partial charge < -0.3 is 10.2 Å². The van der Waals surface area contributed by atoms with E-state index in [4.69, 9.17) is 0 Å². The number of nitrogens with zero attached hydrogens (tertiary/aromatic N) is 2. The maximum Gasteiger partial charge on any atom is 0.274 e. The lowest BCUT2D eigenvalue weighted by atomic mass is 10.1. The highest BCUT2D eigenvalue weighted by atomic mass is 16.2. The fourth-order valence-electron chi connectivity index (χ4n) is 2.91. The first-order chi connectivity index (χ1) is 13.5. The summed E-state index contributed by atoms with van der Waals surface area (Å²) < 4.78 is 0. The first-order valence-corrected chi connectivity index (χ1v) is 9.08. The molecule has 3 aromatic rings. The Morgan fingerprint density at radius 3 is 2.50 bits per heavy atom. The van der Waals surface area contributed by atoms with E-state index in [-0.39, 0.29) is 17.5 Å². The van der Waals surface area contributed by atoms with Gasteiger partial charge in [-0.05, 0) is 48.7 Å². The molecule has 0 fully saturated rings. The molecule has 5 nitrogen and oxygen atoms in total. The normalized spacial score (nSPS) is 10.4. The van der Waals surface area contributed by atoms with Crippen molar-refractivity contribution in [2.24, 2.45) is 0 Å². The molecule has 5 heteroatoms. The number of hydrogen-bond acceptors (Lipinski definition) is 3. The second-order valence-electron chi connectivity index (χ2n) is 6.78. The summed E-state index contributed by atoms with van der Waals surface area (Å²) in [6.45, 7) is 4.44. The second kappa shape index (κ2) is 8.48. The fourth-order valence-corrected chi connectivity index (χ4v) is 2.91. The van der Waals surface area contributed by atoms with Gasteiger partial charge in [-0.1, -0.05) is 42.5 Å². The Balaban J connectivity index is 1.75. The molecule has 1 aromatic heterocycles. The van der Waals surface area contributed by atoms with Crippen LogP contribution in [0.3, 0.4) is 0 Å². The highest BCUT2D eigenvalue weighted by Gasteiger charge is 2.16. The lowest BCUT2D eigenvalue weighted by molar-refractivity contribution is 0.0785. The molecule has 0 aliphatic heterocycles. The maximum atomic E-state index is 12.7. The molecule has 28 heavy (non-hydrogen) atoms. The number of carbonyl (C=O) groups is 2. The predicted molar refractivity (Wildman–Crippen MR) is 110 cm³/mol. The summed E-state index contributed by atoms with van der Waals surface area (Å²) in [4.78, 5) is 31.1. The molecule has 1 heterocycles. The third kappa shape index (κ3) is 4.43. The van der Waals surface area contributed by atoms with Gasteiger partial charge in [0, 0.05) is 31.0 Å². The van der Waals surface area contributed by atoms with Crippen molar-refractivity contribution in [2.75, 3.05) is 12.4 Å². The van der Waals surface area contributed by atoms with Crippen LogP contribution in [0.4, 0.5) is 5.69 Å². The molecule has 3 rings (SSSR count). The van der Waals surface area contributed by atoms with Gasteiger partial charge in [0.1, 0.15) is 5.69 Å². The van der Waals surface area contributed by atoms with E-state index in [1.54, 1.807) is 18.0 Å². The lowest BCUT2D eigenvalue weighted by Gasteiger charge is -2.17. The Morgan fingerprint density at radius 1 is 1.00 bits per heavy atom. The van der Waals surface area contributed by atoms with Gasteiger partial charge in [-0.3, -0.25) is 14.6 Å². The van der Waals surface area contributed by atoms with Gasteiger partial charge in [-0.25, -0.2) is 0 Å². The number of rotatable bonds is 5. The van der Waals surface area contributed by atoms with E-state index in [2.05, 4.69) is 10.3 Å². The first-order valence-electron chi connectivity index (χ1n) is 9.08. The number of anilines is 1. The Morgan fingerprint density at radius 2 is 1.75 bits per heavy atom. The van der Waals surface area contributed by atoms with Crippen LogP contribution in [0.15, 0.2) is 66.9 Å². The van der Waals surface area contributed by atoms with Crippen molar-refractivity contribution in [3.63, 3.8) is 0 Å². The number of amides is 2. The van der Waals surface area contributed by atoms with Gasteiger partial charge in [0.2, 0.25) is 0 Å². The van der Waals surface area contributed by atoms with Crippen LogP contribution in [0.25, 0.3) is 0 Å². The Hall–Kier alpha value is -3.47. The minimum atomic E-state index is -0.339. The van der Waals surface area contributed by atoms with Crippen LogP contribution in [0.2, 0.25) is 0 Å². The molecule has 1 N–H and O–H groups in total. The third-order valence-corrected chi connectivity index (χ3v) is 4.70. The second-order valence-corrected chi connectivity index (χ2v) is 6.78. The number of nitrogens with one attached hydrogen (secondary N) is 1. The molecule has 0 spiro atoms. The van der Waals surface area contributed by atoms with Crippen molar-refractivity contribution < 1.29 is 9.59 Å².